The molecule has 0 aliphatic carbocycles. The van der Waals surface area contributed by atoms with Gasteiger partial charge in [0.25, 0.3) is 0 Å². The lowest BCUT2D eigenvalue weighted by atomic mass is 9.85. The normalized spacial score (nSPS) is 17.5. The quantitative estimate of drug-likeness (QED) is 0.717. The first-order valence-corrected chi connectivity index (χ1v) is 4.34. The molecule has 0 saturated carbocycles. The Hall–Kier alpha value is -1.15. The predicted molar refractivity (Wildman–Crippen MR) is 53.2 cm³/mol. The Morgan fingerprint density at radius 1 is 1.69 bits per heavy atom. The van der Waals surface area contributed by atoms with Crippen molar-refractivity contribution in [2.45, 2.75) is 19.4 Å². The molecular formula is C11H15NO. The third kappa shape index (κ3) is 1.95. The smallest absolute Gasteiger partial charge is 0.0942 e. The Bertz CT molecular complexity index is 279. The number of aromatic nitrogens is 1. The van der Waals surface area contributed by atoms with E-state index >= 15 is 0 Å². The fourth-order valence-electron chi connectivity index (χ4n) is 1.15. The van der Waals surface area contributed by atoms with E-state index in [4.69, 9.17) is 0 Å². The monoisotopic (exact) mass is 177 g/mol. The highest BCUT2D eigenvalue weighted by Crippen LogP contribution is 2.28. The van der Waals surface area contributed by atoms with E-state index in [0.29, 0.717) is 0 Å². The lowest BCUT2D eigenvalue weighted by Gasteiger charge is -2.28. The lowest BCUT2D eigenvalue weighted by Crippen LogP contribution is -2.28. The van der Waals surface area contributed by atoms with Crippen LogP contribution in [0.5, 0.6) is 0 Å². The maximum absolute atomic E-state index is 10.1. The second kappa shape index (κ2) is 3.71. The Kier molecular flexibility index (Phi) is 2.83. The molecule has 1 N–H and O–H groups in total. The summed E-state index contributed by atoms with van der Waals surface area (Å²) in [4.78, 5) is 3.97. The Morgan fingerprint density at radius 3 is 2.85 bits per heavy atom. The molecule has 13 heavy (non-hydrogen) atoms. The van der Waals surface area contributed by atoms with Gasteiger partial charge in [0.1, 0.15) is 0 Å². The highest BCUT2D eigenvalue weighted by Gasteiger charge is 2.28. The molecule has 0 radical (unpaired) electrons. The summed E-state index contributed by atoms with van der Waals surface area (Å²) in [6.45, 7) is 7.38. The summed E-state index contributed by atoms with van der Waals surface area (Å²) >= 11 is 0. The summed E-state index contributed by atoms with van der Waals surface area (Å²) < 4.78 is 0. The Balaban J connectivity index is 3.00. The maximum atomic E-state index is 10.1. The van der Waals surface area contributed by atoms with Crippen molar-refractivity contribution in [3.8, 4) is 0 Å². The molecule has 0 unspecified atom stereocenters. The minimum Gasteiger partial charge on any atom is -0.385 e. The molecule has 2 heteroatoms. The van der Waals surface area contributed by atoms with E-state index in [1.54, 1.807) is 25.4 Å². The van der Waals surface area contributed by atoms with Crippen LogP contribution in [0.4, 0.5) is 0 Å². The van der Waals surface area contributed by atoms with Gasteiger partial charge in [-0.1, -0.05) is 19.1 Å². The van der Waals surface area contributed by atoms with E-state index < -0.39 is 5.60 Å². The number of hydrogen-bond donors (Lipinski definition) is 1. The Labute approximate surface area is 78.9 Å². The first-order valence-electron chi connectivity index (χ1n) is 4.34. The summed E-state index contributed by atoms with van der Waals surface area (Å²) in [5.41, 5.74) is -0.0573. The zero-order valence-electron chi connectivity index (χ0n) is 8.07. The van der Waals surface area contributed by atoms with Crippen LogP contribution in [0.15, 0.2) is 37.2 Å². The molecule has 1 rings (SSSR count). The van der Waals surface area contributed by atoms with Gasteiger partial charge in [0.05, 0.1) is 5.60 Å². The molecule has 1 aromatic rings. The molecule has 0 aromatic carbocycles. The molecule has 1 heterocycles. The van der Waals surface area contributed by atoms with E-state index in [1.807, 2.05) is 19.1 Å². The van der Waals surface area contributed by atoms with Crippen LogP contribution in [0, 0.1) is 5.92 Å². The summed E-state index contributed by atoms with van der Waals surface area (Å²) in [5, 5.41) is 10.1. The maximum Gasteiger partial charge on any atom is 0.0942 e. The molecule has 0 amide bonds. The average molecular weight is 177 g/mol. The van der Waals surface area contributed by atoms with Crippen LogP contribution in [0.1, 0.15) is 19.4 Å². The first kappa shape index (κ1) is 9.93. The second-order valence-corrected chi connectivity index (χ2v) is 3.41. The largest absolute Gasteiger partial charge is 0.385 e. The van der Waals surface area contributed by atoms with Gasteiger partial charge in [0, 0.05) is 23.9 Å². The van der Waals surface area contributed by atoms with Gasteiger partial charge in [-0.3, -0.25) is 4.98 Å². The molecule has 2 nitrogen and oxygen atoms in total. The molecule has 0 fully saturated rings. The van der Waals surface area contributed by atoms with Crippen LogP contribution in [0.2, 0.25) is 0 Å². The van der Waals surface area contributed by atoms with Crippen LogP contribution < -0.4 is 0 Å². The van der Waals surface area contributed by atoms with Crippen LogP contribution in [-0.2, 0) is 5.60 Å². The molecular weight excluding hydrogens is 162 g/mol. The molecule has 2 atom stereocenters. The second-order valence-electron chi connectivity index (χ2n) is 3.41. The molecule has 0 aliphatic heterocycles. The van der Waals surface area contributed by atoms with Crippen molar-refractivity contribution < 1.29 is 5.11 Å². The summed E-state index contributed by atoms with van der Waals surface area (Å²) in [5.74, 6) is 0.0108. The van der Waals surface area contributed by atoms with Crippen molar-refractivity contribution in [3.05, 3.63) is 42.7 Å². The van der Waals surface area contributed by atoms with Gasteiger partial charge in [-0.05, 0) is 13.0 Å². The van der Waals surface area contributed by atoms with Crippen molar-refractivity contribution in [1.29, 1.82) is 0 Å². The Morgan fingerprint density at radius 2 is 2.38 bits per heavy atom. The number of hydrogen-bond acceptors (Lipinski definition) is 2. The topological polar surface area (TPSA) is 33.1 Å². The zero-order chi connectivity index (χ0) is 9.90. The van der Waals surface area contributed by atoms with E-state index in [-0.39, 0.29) is 5.92 Å². The highest BCUT2D eigenvalue weighted by molar-refractivity contribution is 5.19. The van der Waals surface area contributed by atoms with E-state index in [1.165, 1.54) is 0 Å². The molecule has 0 aliphatic rings. The van der Waals surface area contributed by atoms with Crippen molar-refractivity contribution in [2.24, 2.45) is 5.92 Å². The van der Waals surface area contributed by atoms with Crippen molar-refractivity contribution in [2.75, 3.05) is 0 Å². The highest BCUT2D eigenvalue weighted by atomic mass is 16.3. The number of nitrogens with zero attached hydrogens (tertiary/aromatic N) is 1. The SMILES string of the molecule is C=C[C@@H](C)[C@@](C)(O)c1cccnc1. The third-order valence-electron chi connectivity index (χ3n) is 2.49. The average Bonchev–Trinajstić information content (AvgIpc) is 2.18. The molecule has 1 aromatic heterocycles. The van der Waals surface area contributed by atoms with Gasteiger partial charge in [-0.15, -0.1) is 6.58 Å². The van der Waals surface area contributed by atoms with Crippen molar-refractivity contribution in [1.82, 2.24) is 4.98 Å². The summed E-state index contributed by atoms with van der Waals surface area (Å²) in [7, 11) is 0. The number of pyridine rings is 1. The fraction of sp³-hybridized carbons (Fsp3) is 0.364. The van der Waals surface area contributed by atoms with E-state index in [0.717, 1.165) is 5.56 Å². The van der Waals surface area contributed by atoms with Crippen LogP contribution in [0.25, 0.3) is 0 Å². The van der Waals surface area contributed by atoms with E-state index in [2.05, 4.69) is 11.6 Å². The van der Waals surface area contributed by atoms with Crippen LogP contribution in [0.3, 0.4) is 0 Å². The van der Waals surface area contributed by atoms with Gasteiger partial charge in [0.15, 0.2) is 0 Å². The molecule has 0 saturated heterocycles. The number of rotatable bonds is 3. The van der Waals surface area contributed by atoms with Gasteiger partial charge >= 0.3 is 0 Å². The predicted octanol–water partition coefficient (Wildman–Crippen LogP) is 2.11. The zero-order valence-corrected chi connectivity index (χ0v) is 8.07. The minimum absolute atomic E-state index is 0.0108. The van der Waals surface area contributed by atoms with Gasteiger partial charge in [-0.2, -0.15) is 0 Å². The van der Waals surface area contributed by atoms with E-state index in [9.17, 15) is 5.11 Å². The third-order valence-corrected chi connectivity index (χ3v) is 2.49. The van der Waals surface area contributed by atoms with Crippen molar-refractivity contribution in [3.63, 3.8) is 0 Å². The molecule has 0 spiro atoms. The van der Waals surface area contributed by atoms with Gasteiger partial charge in [-0.25, -0.2) is 0 Å². The first-order chi connectivity index (χ1) is 6.09. The van der Waals surface area contributed by atoms with Crippen LogP contribution in [-0.4, -0.2) is 10.1 Å². The fourth-order valence-corrected chi connectivity index (χ4v) is 1.15. The minimum atomic E-state index is -0.879. The number of aliphatic hydroxyl groups is 1. The molecule has 70 valence electrons. The standard InChI is InChI=1S/C11H15NO/c1-4-9(2)11(3,13)10-6-5-7-12-8-10/h4-9,13H,1H2,2-3H3/t9-,11-/m1/s1. The van der Waals surface area contributed by atoms with Gasteiger partial charge < -0.3 is 5.11 Å². The van der Waals surface area contributed by atoms with Crippen LogP contribution >= 0.6 is 0 Å². The van der Waals surface area contributed by atoms with Gasteiger partial charge in [0.2, 0.25) is 0 Å². The summed E-state index contributed by atoms with van der Waals surface area (Å²) in [6.07, 6.45) is 5.12. The lowest BCUT2D eigenvalue weighted by molar-refractivity contribution is 0.0202. The summed E-state index contributed by atoms with van der Waals surface area (Å²) in [6, 6.07) is 3.69. The molecule has 0 bridgehead atoms. The van der Waals surface area contributed by atoms with Crippen molar-refractivity contribution >= 4 is 0 Å².